The number of hydrogen-bond donors (Lipinski definition) is 0. The average Bonchev–Trinajstić information content (AvgIpc) is 2.84. The zero-order valence-electron chi connectivity index (χ0n) is 10.5. The molecule has 2 aliphatic rings. The van der Waals surface area contributed by atoms with Crippen molar-refractivity contribution in [2.75, 3.05) is 7.05 Å². The summed E-state index contributed by atoms with van der Waals surface area (Å²) in [6.45, 7) is 2.12. The predicted molar refractivity (Wildman–Crippen MR) is 65.5 cm³/mol. The fourth-order valence-corrected chi connectivity index (χ4v) is 3.00. The van der Waals surface area contributed by atoms with E-state index < -0.39 is 0 Å². The summed E-state index contributed by atoms with van der Waals surface area (Å²) in [5.41, 5.74) is 1.27. The summed E-state index contributed by atoms with van der Waals surface area (Å²) in [6, 6.07) is 1.23. The molecule has 2 atom stereocenters. The van der Waals surface area contributed by atoms with Crippen LogP contribution in [0, 0.1) is 0 Å². The lowest BCUT2D eigenvalue weighted by atomic mass is 10.0. The fraction of sp³-hybridized carbons (Fsp3) is 0.692. The van der Waals surface area contributed by atoms with E-state index in [2.05, 4.69) is 35.1 Å². The second kappa shape index (κ2) is 4.26. The molecular weight excluding hydrogens is 214 g/mol. The molecule has 1 saturated heterocycles. The average molecular weight is 233 g/mol. The number of fused-ring (bicyclic) bond motifs is 2. The summed E-state index contributed by atoms with van der Waals surface area (Å²) >= 11 is 0. The van der Waals surface area contributed by atoms with Gasteiger partial charge >= 0.3 is 0 Å². The summed E-state index contributed by atoms with van der Waals surface area (Å²) in [4.78, 5) is 6.97. The van der Waals surface area contributed by atoms with Gasteiger partial charge in [-0.1, -0.05) is 18.2 Å². The Balaban J connectivity index is 1.85. The lowest BCUT2D eigenvalue weighted by molar-refractivity contribution is 0.266. The molecule has 0 aromatic carbocycles. The van der Waals surface area contributed by atoms with Gasteiger partial charge in [-0.2, -0.15) is 4.98 Å². The van der Waals surface area contributed by atoms with Crippen LogP contribution in [0.2, 0.25) is 0 Å². The molecule has 0 aliphatic carbocycles. The van der Waals surface area contributed by atoms with E-state index in [1.165, 1.54) is 18.4 Å². The Kier molecular flexibility index (Phi) is 2.74. The molecule has 0 N–H and O–H groups in total. The van der Waals surface area contributed by atoms with Crippen LogP contribution >= 0.6 is 0 Å². The van der Waals surface area contributed by atoms with E-state index >= 15 is 0 Å². The van der Waals surface area contributed by atoms with Gasteiger partial charge in [0.25, 0.3) is 0 Å². The summed E-state index contributed by atoms with van der Waals surface area (Å²) in [6.07, 6.45) is 7.88. The Morgan fingerprint density at radius 3 is 3.18 bits per heavy atom. The third-order valence-corrected chi connectivity index (χ3v) is 4.00. The Morgan fingerprint density at radius 1 is 1.47 bits per heavy atom. The molecular formula is C13H19N3O. The monoisotopic (exact) mass is 233 g/mol. The van der Waals surface area contributed by atoms with Gasteiger partial charge in [0.1, 0.15) is 0 Å². The van der Waals surface area contributed by atoms with Crippen LogP contribution in [0.25, 0.3) is 5.57 Å². The SMILES string of the molecule is CCCc1nc(C2=CCC3CCC2N3C)no1. The van der Waals surface area contributed by atoms with Crippen LogP contribution in [0.15, 0.2) is 10.6 Å². The van der Waals surface area contributed by atoms with Gasteiger partial charge in [-0.05, 0) is 32.7 Å². The van der Waals surface area contributed by atoms with E-state index in [1.54, 1.807) is 0 Å². The van der Waals surface area contributed by atoms with Crippen LogP contribution in [0.5, 0.6) is 0 Å². The fourth-order valence-electron chi connectivity index (χ4n) is 3.00. The lowest BCUT2D eigenvalue weighted by Gasteiger charge is -2.30. The quantitative estimate of drug-likeness (QED) is 0.803. The molecule has 0 spiro atoms. The Morgan fingerprint density at radius 2 is 2.35 bits per heavy atom. The third kappa shape index (κ3) is 1.80. The van der Waals surface area contributed by atoms with Gasteiger partial charge in [-0.3, -0.25) is 4.90 Å². The molecule has 0 amide bonds. The van der Waals surface area contributed by atoms with Crippen molar-refractivity contribution in [2.24, 2.45) is 0 Å². The summed E-state index contributed by atoms with van der Waals surface area (Å²) in [5.74, 6) is 1.58. The maximum Gasteiger partial charge on any atom is 0.226 e. The molecule has 17 heavy (non-hydrogen) atoms. The molecule has 3 heterocycles. The zero-order valence-corrected chi connectivity index (χ0v) is 10.5. The van der Waals surface area contributed by atoms with Crippen LogP contribution in [0.1, 0.15) is 44.3 Å². The molecule has 92 valence electrons. The molecule has 1 fully saturated rings. The van der Waals surface area contributed by atoms with E-state index in [9.17, 15) is 0 Å². The van der Waals surface area contributed by atoms with E-state index in [-0.39, 0.29) is 0 Å². The first-order valence-electron chi connectivity index (χ1n) is 6.54. The highest BCUT2D eigenvalue weighted by Gasteiger charge is 2.37. The highest BCUT2D eigenvalue weighted by Crippen LogP contribution is 2.37. The molecule has 4 nitrogen and oxygen atoms in total. The van der Waals surface area contributed by atoms with Crippen molar-refractivity contribution in [1.82, 2.24) is 15.0 Å². The second-order valence-electron chi connectivity index (χ2n) is 5.07. The molecule has 2 aliphatic heterocycles. The summed E-state index contributed by atoms with van der Waals surface area (Å²) in [7, 11) is 2.21. The maximum atomic E-state index is 5.28. The summed E-state index contributed by atoms with van der Waals surface area (Å²) < 4.78 is 5.28. The lowest BCUT2D eigenvalue weighted by Crippen LogP contribution is -2.35. The molecule has 0 saturated carbocycles. The Labute approximate surface area is 102 Å². The normalized spacial score (nSPS) is 28.5. The number of nitrogens with zero attached hydrogens (tertiary/aromatic N) is 3. The Hall–Kier alpha value is -1.16. The van der Waals surface area contributed by atoms with E-state index in [4.69, 9.17) is 4.52 Å². The van der Waals surface area contributed by atoms with Gasteiger partial charge in [0.15, 0.2) is 5.82 Å². The largest absolute Gasteiger partial charge is 0.339 e. The standard InChI is InChI=1S/C13H19N3O/c1-3-4-12-14-13(15-17-12)10-7-5-9-6-8-11(10)16(9)2/h7,9,11H,3-6,8H2,1-2H3. The number of aryl methyl sites for hydroxylation is 1. The topological polar surface area (TPSA) is 42.2 Å². The highest BCUT2D eigenvalue weighted by molar-refractivity contribution is 5.66. The van der Waals surface area contributed by atoms with Gasteiger partial charge in [0, 0.05) is 24.1 Å². The van der Waals surface area contributed by atoms with E-state index in [0.717, 1.165) is 37.0 Å². The van der Waals surface area contributed by atoms with Crippen LogP contribution in [-0.2, 0) is 6.42 Å². The number of rotatable bonds is 3. The minimum Gasteiger partial charge on any atom is -0.339 e. The van der Waals surface area contributed by atoms with Gasteiger partial charge in [-0.15, -0.1) is 0 Å². The van der Waals surface area contributed by atoms with E-state index in [1.807, 2.05) is 0 Å². The summed E-state index contributed by atoms with van der Waals surface area (Å²) in [5, 5.41) is 4.13. The molecule has 0 radical (unpaired) electrons. The molecule has 4 heteroatoms. The number of aromatic nitrogens is 2. The first kappa shape index (κ1) is 11.0. The maximum absolute atomic E-state index is 5.28. The second-order valence-corrected chi connectivity index (χ2v) is 5.07. The first-order valence-corrected chi connectivity index (χ1v) is 6.54. The molecule has 2 unspecified atom stereocenters. The van der Waals surface area contributed by atoms with Crippen molar-refractivity contribution in [3.63, 3.8) is 0 Å². The Bertz CT molecular complexity index is 438. The third-order valence-electron chi connectivity index (χ3n) is 4.00. The smallest absolute Gasteiger partial charge is 0.226 e. The van der Waals surface area contributed by atoms with Gasteiger partial charge < -0.3 is 4.52 Å². The van der Waals surface area contributed by atoms with Gasteiger partial charge in [0.05, 0.1) is 0 Å². The highest BCUT2D eigenvalue weighted by atomic mass is 16.5. The minimum absolute atomic E-state index is 0.501. The van der Waals surface area contributed by atoms with E-state index in [0.29, 0.717) is 6.04 Å². The van der Waals surface area contributed by atoms with Crippen molar-refractivity contribution < 1.29 is 4.52 Å². The first-order chi connectivity index (χ1) is 8.29. The molecule has 2 bridgehead atoms. The molecule has 1 aromatic rings. The van der Waals surface area contributed by atoms with Crippen molar-refractivity contribution in [2.45, 2.75) is 51.1 Å². The van der Waals surface area contributed by atoms with Crippen molar-refractivity contribution >= 4 is 5.57 Å². The molecule has 3 rings (SSSR count). The van der Waals surface area contributed by atoms with Crippen molar-refractivity contribution in [1.29, 1.82) is 0 Å². The van der Waals surface area contributed by atoms with Crippen LogP contribution in [-0.4, -0.2) is 34.2 Å². The van der Waals surface area contributed by atoms with Gasteiger partial charge in [-0.25, -0.2) is 0 Å². The molecule has 1 aromatic heterocycles. The number of hydrogen-bond acceptors (Lipinski definition) is 4. The predicted octanol–water partition coefficient (Wildman–Crippen LogP) is 2.27. The number of likely N-dealkylation sites (N-methyl/N-ethyl adjacent to an activating group) is 1. The van der Waals surface area contributed by atoms with Crippen molar-refractivity contribution in [3.05, 3.63) is 17.8 Å². The van der Waals surface area contributed by atoms with Crippen LogP contribution < -0.4 is 0 Å². The van der Waals surface area contributed by atoms with Crippen LogP contribution in [0.3, 0.4) is 0 Å². The van der Waals surface area contributed by atoms with Crippen LogP contribution in [0.4, 0.5) is 0 Å². The zero-order chi connectivity index (χ0) is 11.8. The van der Waals surface area contributed by atoms with Crippen molar-refractivity contribution in [3.8, 4) is 0 Å². The van der Waals surface area contributed by atoms with Gasteiger partial charge in [0.2, 0.25) is 5.89 Å². The minimum atomic E-state index is 0.501.